The molecule has 15 heavy (non-hydrogen) atoms. The second-order valence-electron chi connectivity index (χ2n) is 4.08. The quantitative estimate of drug-likeness (QED) is 0.804. The standard InChI is InChI=1S/C12H17NO.ClH/c13-12-4-3-10-7-9(5-6-14)1-2-11(10)8-12;/h1-2,7,12,14H,3-6,8,13H2;1H. The molecule has 0 radical (unpaired) electrons. The molecule has 0 aromatic heterocycles. The second kappa shape index (κ2) is 5.50. The van der Waals surface area contributed by atoms with Gasteiger partial charge in [0.1, 0.15) is 0 Å². The van der Waals surface area contributed by atoms with Crippen LogP contribution in [0.1, 0.15) is 23.1 Å². The summed E-state index contributed by atoms with van der Waals surface area (Å²) in [5.41, 5.74) is 9.97. The van der Waals surface area contributed by atoms with Gasteiger partial charge in [0.2, 0.25) is 0 Å². The second-order valence-corrected chi connectivity index (χ2v) is 4.08. The van der Waals surface area contributed by atoms with Crippen LogP contribution in [0.25, 0.3) is 0 Å². The van der Waals surface area contributed by atoms with Crippen LogP contribution < -0.4 is 5.73 Å². The van der Waals surface area contributed by atoms with Gasteiger partial charge >= 0.3 is 0 Å². The van der Waals surface area contributed by atoms with Crippen LogP contribution >= 0.6 is 12.4 Å². The van der Waals surface area contributed by atoms with Gasteiger partial charge in [0.25, 0.3) is 0 Å². The highest BCUT2D eigenvalue weighted by molar-refractivity contribution is 5.85. The number of hydrogen-bond acceptors (Lipinski definition) is 2. The predicted octanol–water partition coefficient (Wildman–Crippen LogP) is 1.46. The normalized spacial score (nSPS) is 19.2. The van der Waals surface area contributed by atoms with Gasteiger partial charge in [-0.3, -0.25) is 0 Å². The summed E-state index contributed by atoms with van der Waals surface area (Å²) < 4.78 is 0. The van der Waals surface area contributed by atoms with E-state index in [1.165, 1.54) is 16.7 Å². The molecule has 0 fully saturated rings. The van der Waals surface area contributed by atoms with Crippen molar-refractivity contribution in [3.05, 3.63) is 34.9 Å². The van der Waals surface area contributed by atoms with E-state index in [4.69, 9.17) is 10.8 Å². The average molecular weight is 228 g/mol. The molecule has 1 atom stereocenters. The van der Waals surface area contributed by atoms with Gasteiger partial charge in [-0.25, -0.2) is 0 Å². The summed E-state index contributed by atoms with van der Waals surface area (Å²) in [6, 6.07) is 6.83. The SMILES string of the molecule is Cl.NC1CCc2cc(CCO)ccc2C1. The fourth-order valence-electron chi connectivity index (χ4n) is 2.12. The van der Waals surface area contributed by atoms with E-state index >= 15 is 0 Å². The molecule has 0 heterocycles. The highest BCUT2D eigenvalue weighted by atomic mass is 35.5. The predicted molar refractivity (Wildman–Crippen MR) is 64.5 cm³/mol. The van der Waals surface area contributed by atoms with Gasteiger partial charge in [-0.1, -0.05) is 18.2 Å². The van der Waals surface area contributed by atoms with E-state index in [9.17, 15) is 0 Å². The molecule has 0 spiro atoms. The molecule has 1 aliphatic rings. The first-order valence-electron chi connectivity index (χ1n) is 5.26. The summed E-state index contributed by atoms with van der Waals surface area (Å²) >= 11 is 0. The Hall–Kier alpha value is -0.570. The number of aliphatic hydroxyl groups is 1. The van der Waals surface area contributed by atoms with Gasteiger partial charge in [-0.15, -0.1) is 12.4 Å². The van der Waals surface area contributed by atoms with E-state index in [0.717, 1.165) is 25.7 Å². The van der Waals surface area contributed by atoms with E-state index in [0.29, 0.717) is 6.04 Å². The Bertz CT molecular complexity index is 327. The molecular weight excluding hydrogens is 210 g/mol. The fraction of sp³-hybridized carbons (Fsp3) is 0.500. The zero-order valence-corrected chi connectivity index (χ0v) is 9.59. The summed E-state index contributed by atoms with van der Waals surface area (Å²) in [6.07, 6.45) is 3.96. The summed E-state index contributed by atoms with van der Waals surface area (Å²) in [7, 11) is 0. The van der Waals surface area contributed by atoms with E-state index in [2.05, 4.69) is 18.2 Å². The molecule has 2 nitrogen and oxygen atoms in total. The maximum Gasteiger partial charge on any atom is 0.0471 e. The lowest BCUT2D eigenvalue weighted by Crippen LogP contribution is -2.27. The molecule has 0 bridgehead atoms. The number of nitrogens with two attached hydrogens (primary N) is 1. The third-order valence-corrected chi connectivity index (χ3v) is 2.94. The largest absolute Gasteiger partial charge is 0.396 e. The van der Waals surface area contributed by atoms with Crippen LogP contribution in [-0.4, -0.2) is 17.8 Å². The molecule has 1 aromatic carbocycles. The molecule has 3 heteroatoms. The van der Waals surface area contributed by atoms with Crippen molar-refractivity contribution in [1.82, 2.24) is 0 Å². The molecule has 1 aliphatic carbocycles. The first-order chi connectivity index (χ1) is 6.79. The Balaban J connectivity index is 0.00000112. The first kappa shape index (κ1) is 12.5. The van der Waals surface area contributed by atoms with Crippen molar-refractivity contribution in [2.24, 2.45) is 5.73 Å². The molecule has 84 valence electrons. The Labute approximate surface area is 96.9 Å². The number of rotatable bonds is 2. The van der Waals surface area contributed by atoms with Gasteiger partial charge in [0, 0.05) is 12.6 Å². The highest BCUT2D eigenvalue weighted by Gasteiger charge is 2.14. The lowest BCUT2D eigenvalue weighted by molar-refractivity contribution is 0.299. The van der Waals surface area contributed by atoms with Crippen LogP contribution in [-0.2, 0) is 19.3 Å². The van der Waals surface area contributed by atoms with Crippen molar-refractivity contribution in [3.8, 4) is 0 Å². The van der Waals surface area contributed by atoms with Gasteiger partial charge in [-0.2, -0.15) is 0 Å². The molecule has 1 unspecified atom stereocenters. The van der Waals surface area contributed by atoms with Crippen LogP contribution in [0.3, 0.4) is 0 Å². The highest BCUT2D eigenvalue weighted by Crippen LogP contribution is 2.21. The third-order valence-electron chi connectivity index (χ3n) is 2.94. The molecule has 2 rings (SSSR count). The number of hydrogen-bond donors (Lipinski definition) is 2. The van der Waals surface area contributed by atoms with Crippen LogP contribution in [0, 0.1) is 0 Å². The summed E-state index contributed by atoms with van der Waals surface area (Å²) in [5.74, 6) is 0. The smallest absolute Gasteiger partial charge is 0.0471 e. The van der Waals surface area contributed by atoms with Crippen molar-refractivity contribution in [1.29, 1.82) is 0 Å². The summed E-state index contributed by atoms with van der Waals surface area (Å²) in [6.45, 7) is 0.234. The lowest BCUT2D eigenvalue weighted by atomic mass is 9.87. The van der Waals surface area contributed by atoms with Gasteiger partial charge < -0.3 is 10.8 Å². The van der Waals surface area contributed by atoms with E-state index in [-0.39, 0.29) is 19.0 Å². The van der Waals surface area contributed by atoms with Crippen LogP contribution in [0.5, 0.6) is 0 Å². The molecule has 0 saturated carbocycles. The van der Waals surface area contributed by atoms with Crippen molar-refractivity contribution in [2.45, 2.75) is 31.7 Å². The Kier molecular flexibility index (Phi) is 4.58. The zero-order chi connectivity index (χ0) is 9.97. The van der Waals surface area contributed by atoms with Gasteiger partial charge in [0.05, 0.1) is 0 Å². The Morgan fingerprint density at radius 2 is 2.13 bits per heavy atom. The third kappa shape index (κ3) is 2.94. The number of halogens is 1. The molecule has 0 saturated heterocycles. The number of aryl methyl sites for hydroxylation is 1. The van der Waals surface area contributed by atoms with Gasteiger partial charge in [0.15, 0.2) is 0 Å². The fourth-order valence-corrected chi connectivity index (χ4v) is 2.12. The van der Waals surface area contributed by atoms with Crippen molar-refractivity contribution < 1.29 is 5.11 Å². The van der Waals surface area contributed by atoms with E-state index < -0.39 is 0 Å². The van der Waals surface area contributed by atoms with Gasteiger partial charge in [-0.05, 0) is 42.4 Å². The zero-order valence-electron chi connectivity index (χ0n) is 8.78. The van der Waals surface area contributed by atoms with Crippen LogP contribution in [0.2, 0.25) is 0 Å². The van der Waals surface area contributed by atoms with Crippen molar-refractivity contribution in [2.75, 3.05) is 6.61 Å². The maximum absolute atomic E-state index is 8.85. The van der Waals surface area contributed by atoms with Crippen molar-refractivity contribution in [3.63, 3.8) is 0 Å². The van der Waals surface area contributed by atoms with Crippen LogP contribution in [0.15, 0.2) is 18.2 Å². The number of fused-ring (bicyclic) bond motifs is 1. The molecule has 0 amide bonds. The van der Waals surface area contributed by atoms with Crippen LogP contribution in [0.4, 0.5) is 0 Å². The monoisotopic (exact) mass is 227 g/mol. The number of aliphatic hydroxyl groups excluding tert-OH is 1. The average Bonchev–Trinajstić information content (AvgIpc) is 2.19. The molecule has 3 N–H and O–H groups in total. The van der Waals surface area contributed by atoms with E-state index in [1.54, 1.807) is 0 Å². The minimum atomic E-state index is 0. The Morgan fingerprint density at radius 3 is 2.87 bits per heavy atom. The van der Waals surface area contributed by atoms with E-state index in [1.807, 2.05) is 0 Å². The maximum atomic E-state index is 8.85. The molecule has 1 aromatic rings. The Morgan fingerprint density at radius 1 is 1.33 bits per heavy atom. The first-order valence-corrected chi connectivity index (χ1v) is 5.26. The molecular formula is C12H18ClNO. The minimum absolute atomic E-state index is 0. The van der Waals surface area contributed by atoms with Crippen molar-refractivity contribution >= 4 is 12.4 Å². The number of benzene rings is 1. The molecule has 0 aliphatic heterocycles. The summed E-state index contributed by atoms with van der Waals surface area (Å²) in [5, 5.41) is 8.85. The topological polar surface area (TPSA) is 46.2 Å². The minimum Gasteiger partial charge on any atom is -0.396 e. The summed E-state index contributed by atoms with van der Waals surface area (Å²) in [4.78, 5) is 0. The lowest BCUT2D eigenvalue weighted by Gasteiger charge is -2.21.